The lowest BCUT2D eigenvalue weighted by atomic mass is 10.1. The largest absolute Gasteiger partial charge is 0.350 e. The summed E-state index contributed by atoms with van der Waals surface area (Å²) in [5, 5.41) is 3.08. The molecule has 1 heterocycles. The molecular weight excluding hydrogens is 398 g/mol. The van der Waals surface area contributed by atoms with Crippen LogP contribution >= 0.6 is 55.0 Å². The number of hydrogen-bond acceptors (Lipinski definition) is 3. The molecule has 1 aliphatic rings. The lowest BCUT2D eigenvalue weighted by Gasteiger charge is -2.26. The van der Waals surface area contributed by atoms with Crippen molar-refractivity contribution in [3.8, 4) is 0 Å². The Balaban J connectivity index is 1.95. The maximum absolute atomic E-state index is 12.1. The Morgan fingerprint density at radius 2 is 2.17 bits per heavy atom. The van der Waals surface area contributed by atoms with Crippen LogP contribution in [0.1, 0.15) is 35.4 Å². The fourth-order valence-corrected chi connectivity index (χ4v) is 5.12. The van der Waals surface area contributed by atoms with E-state index in [1.54, 1.807) is 0 Å². The number of nitrogens with one attached hydrogen (secondary N) is 1. The van der Waals surface area contributed by atoms with E-state index in [0.29, 0.717) is 0 Å². The first-order valence-electron chi connectivity index (χ1n) is 5.84. The van der Waals surface area contributed by atoms with Gasteiger partial charge in [0.05, 0.1) is 8.66 Å². The molecule has 0 saturated heterocycles. The van der Waals surface area contributed by atoms with Crippen LogP contribution in [0.5, 0.6) is 0 Å². The van der Waals surface area contributed by atoms with Gasteiger partial charge in [-0.25, -0.2) is 0 Å². The minimum Gasteiger partial charge on any atom is -0.350 e. The first kappa shape index (κ1) is 14.9. The molecule has 1 aromatic heterocycles. The predicted octanol–water partition coefficient (Wildman–Crippen LogP) is 4.68. The zero-order chi connectivity index (χ0) is 13.2. The summed E-state index contributed by atoms with van der Waals surface area (Å²) in [6.07, 6.45) is 7.15. The van der Waals surface area contributed by atoms with Crippen LogP contribution in [-0.2, 0) is 0 Å². The van der Waals surface area contributed by atoms with Crippen molar-refractivity contribution >= 4 is 60.9 Å². The van der Waals surface area contributed by atoms with Crippen molar-refractivity contribution in [3.05, 3.63) is 19.2 Å². The van der Waals surface area contributed by atoms with Crippen molar-refractivity contribution in [1.82, 2.24) is 5.32 Å². The van der Waals surface area contributed by atoms with Gasteiger partial charge in [-0.3, -0.25) is 4.79 Å². The second kappa shape index (κ2) is 6.29. The van der Waals surface area contributed by atoms with Crippen LogP contribution in [0, 0.1) is 0 Å². The van der Waals surface area contributed by atoms with E-state index in [1.165, 1.54) is 37.0 Å². The highest BCUT2D eigenvalue weighted by Gasteiger charge is 2.33. The summed E-state index contributed by atoms with van der Waals surface area (Å²) in [4.78, 5) is 12.8. The molecule has 1 aromatic rings. The maximum atomic E-state index is 12.1. The fraction of sp³-hybridized carbons (Fsp3) is 0.583. The van der Waals surface area contributed by atoms with Gasteiger partial charge in [-0.2, -0.15) is 11.8 Å². The van der Waals surface area contributed by atoms with E-state index in [1.807, 2.05) is 17.8 Å². The number of carbonyl (C=O) groups excluding carboxylic acids is 1. The van der Waals surface area contributed by atoms with Crippen LogP contribution in [0.25, 0.3) is 0 Å². The number of carbonyl (C=O) groups is 1. The summed E-state index contributed by atoms with van der Waals surface area (Å²) < 4.78 is 2.17. The second-order valence-electron chi connectivity index (χ2n) is 4.51. The highest BCUT2D eigenvalue weighted by atomic mass is 79.9. The number of amides is 1. The summed E-state index contributed by atoms with van der Waals surface area (Å²) in [6.45, 7) is 0.778. The molecule has 18 heavy (non-hydrogen) atoms. The molecule has 100 valence electrons. The van der Waals surface area contributed by atoms with Gasteiger partial charge < -0.3 is 5.32 Å². The number of thiophene rings is 1. The topological polar surface area (TPSA) is 29.1 Å². The molecule has 0 aromatic carbocycles. The Bertz CT molecular complexity index is 422. The molecule has 6 heteroatoms. The average molecular weight is 413 g/mol. The van der Waals surface area contributed by atoms with Gasteiger partial charge in [0.2, 0.25) is 0 Å². The molecule has 1 fully saturated rings. The van der Waals surface area contributed by atoms with Gasteiger partial charge in [0, 0.05) is 15.8 Å². The smallest absolute Gasteiger partial charge is 0.261 e. The summed E-state index contributed by atoms with van der Waals surface area (Å²) in [7, 11) is 0. The quantitative estimate of drug-likeness (QED) is 0.777. The molecule has 0 spiro atoms. The Labute approximate surface area is 133 Å². The van der Waals surface area contributed by atoms with Crippen molar-refractivity contribution in [2.45, 2.75) is 30.4 Å². The van der Waals surface area contributed by atoms with E-state index in [4.69, 9.17) is 0 Å². The van der Waals surface area contributed by atoms with Gasteiger partial charge in [0.1, 0.15) is 0 Å². The Kier molecular flexibility index (Phi) is 5.20. The lowest BCUT2D eigenvalue weighted by Crippen LogP contribution is -2.38. The summed E-state index contributed by atoms with van der Waals surface area (Å²) in [5.74, 6) is 0.0340. The van der Waals surface area contributed by atoms with Crippen LogP contribution in [-0.4, -0.2) is 23.5 Å². The molecule has 2 nitrogen and oxygen atoms in total. The van der Waals surface area contributed by atoms with Gasteiger partial charge in [-0.05, 0) is 57.0 Å². The van der Waals surface area contributed by atoms with E-state index in [9.17, 15) is 4.79 Å². The fourth-order valence-electron chi connectivity index (χ4n) is 2.26. The number of halogens is 2. The summed E-state index contributed by atoms with van der Waals surface area (Å²) >= 11 is 10.2. The standard InChI is InChI=1S/C12H15Br2NOS2/c1-17-12(4-2-3-5-12)7-15-11(16)9-6-8(13)10(14)18-9/h6H,2-5,7H2,1H3,(H,15,16). The maximum Gasteiger partial charge on any atom is 0.261 e. The normalized spacial score (nSPS) is 17.9. The van der Waals surface area contributed by atoms with Gasteiger partial charge in [0.15, 0.2) is 0 Å². The Hall–Kier alpha value is 0.480. The van der Waals surface area contributed by atoms with Crippen molar-refractivity contribution in [1.29, 1.82) is 0 Å². The Morgan fingerprint density at radius 3 is 2.67 bits per heavy atom. The molecule has 1 N–H and O–H groups in total. The molecule has 2 rings (SSSR count). The number of rotatable bonds is 4. The van der Waals surface area contributed by atoms with Crippen molar-refractivity contribution < 1.29 is 4.79 Å². The van der Waals surface area contributed by atoms with Crippen LogP contribution < -0.4 is 5.32 Å². The van der Waals surface area contributed by atoms with E-state index in [2.05, 4.69) is 43.4 Å². The van der Waals surface area contributed by atoms with Gasteiger partial charge in [0.25, 0.3) is 5.91 Å². The molecule has 1 saturated carbocycles. The van der Waals surface area contributed by atoms with Gasteiger partial charge >= 0.3 is 0 Å². The van der Waals surface area contributed by atoms with Gasteiger partial charge in [-0.15, -0.1) is 11.3 Å². The second-order valence-corrected chi connectivity index (χ2v) is 9.01. The van der Waals surface area contributed by atoms with E-state index < -0.39 is 0 Å². The predicted molar refractivity (Wildman–Crippen MR) is 86.8 cm³/mol. The zero-order valence-corrected chi connectivity index (χ0v) is 14.9. The molecular formula is C12H15Br2NOS2. The monoisotopic (exact) mass is 411 g/mol. The molecule has 0 unspecified atom stereocenters. The molecule has 1 amide bonds. The first-order chi connectivity index (χ1) is 8.56. The zero-order valence-electron chi connectivity index (χ0n) is 10.1. The molecule has 0 bridgehead atoms. The van der Waals surface area contributed by atoms with Crippen LogP contribution in [0.3, 0.4) is 0 Å². The van der Waals surface area contributed by atoms with Gasteiger partial charge in [-0.1, -0.05) is 12.8 Å². The molecule has 1 aliphatic carbocycles. The van der Waals surface area contributed by atoms with Crippen LogP contribution in [0.4, 0.5) is 0 Å². The number of thioether (sulfide) groups is 1. The Morgan fingerprint density at radius 1 is 1.50 bits per heavy atom. The molecule has 0 aliphatic heterocycles. The first-order valence-corrected chi connectivity index (χ1v) is 9.47. The average Bonchev–Trinajstić information content (AvgIpc) is 2.95. The van der Waals surface area contributed by atoms with E-state index in [-0.39, 0.29) is 10.7 Å². The van der Waals surface area contributed by atoms with Crippen molar-refractivity contribution in [2.75, 3.05) is 12.8 Å². The molecule has 0 radical (unpaired) electrons. The lowest BCUT2D eigenvalue weighted by molar-refractivity contribution is 0.0953. The number of hydrogen-bond donors (Lipinski definition) is 1. The SMILES string of the molecule is CSC1(CNC(=O)c2cc(Br)c(Br)s2)CCCC1. The van der Waals surface area contributed by atoms with E-state index >= 15 is 0 Å². The third-order valence-electron chi connectivity index (χ3n) is 3.39. The minimum absolute atomic E-state index is 0.0340. The molecule has 0 atom stereocenters. The highest BCUT2D eigenvalue weighted by Crippen LogP contribution is 2.39. The minimum atomic E-state index is 0.0340. The third kappa shape index (κ3) is 3.32. The summed E-state index contributed by atoms with van der Waals surface area (Å²) in [5.41, 5.74) is 0. The van der Waals surface area contributed by atoms with Crippen molar-refractivity contribution in [3.63, 3.8) is 0 Å². The highest BCUT2D eigenvalue weighted by molar-refractivity contribution is 9.13. The third-order valence-corrected chi connectivity index (χ3v) is 8.06. The van der Waals surface area contributed by atoms with Crippen LogP contribution in [0.15, 0.2) is 14.3 Å². The summed E-state index contributed by atoms with van der Waals surface area (Å²) in [6, 6.07) is 1.87. The van der Waals surface area contributed by atoms with Crippen LogP contribution in [0.2, 0.25) is 0 Å². The van der Waals surface area contributed by atoms with Crippen molar-refractivity contribution in [2.24, 2.45) is 0 Å². The van der Waals surface area contributed by atoms with E-state index in [0.717, 1.165) is 19.7 Å².